The highest BCUT2D eigenvalue weighted by Crippen LogP contribution is 2.15. The molecule has 1 rings (SSSR count). The highest BCUT2D eigenvalue weighted by Gasteiger charge is 2.23. The van der Waals surface area contributed by atoms with Crippen molar-refractivity contribution in [2.75, 3.05) is 27.2 Å². The second-order valence-electron chi connectivity index (χ2n) is 5.03. The minimum Gasteiger partial charge on any atom is -0.343 e. The fourth-order valence-electron chi connectivity index (χ4n) is 2.32. The summed E-state index contributed by atoms with van der Waals surface area (Å²) in [5.74, 6) is 0.366. The fraction of sp³-hybridized carbons (Fsp3) is 0.923. The van der Waals surface area contributed by atoms with Gasteiger partial charge in [0.15, 0.2) is 0 Å². The summed E-state index contributed by atoms with van der Waals surface area (Å²) in [4.78, 5) is 16.2. The maximum atomic E-state index is 11.9. The number of piperidine rings is 1. The van der Waals surface area contributed by atoms with E-state index >= 15 is 0 Å². The van der Waals surface area contributed by atoms with Crippen molar-refractivity contribution in [1.29, 1.82) is 0 Å². The molecule has 1 fully saturated rings. The largest absolute Gasteiger partial charge is 0.343 e. The summed E-state index contributed by atoms with van der Waals surface area (Å²) < 4.78 is 0. The lowest BCUT2D eigenvalue weighted by molar-refractivity contribution is -0.132. The van der Waals surface area contributed by atoms with Crippen LogP contribution in [0.2, 0.25) is 0 Å². The second-order valence-corrected chi connectivity index (χ2v) is 5.03. The normalized spacial score (nSPS) is 18.1. The number of hydrogen-bond donors (Lipinski definition) is 0. The molecule has 16 heavy (non-hydrogen) atoms. The summed E-state index contributed by atoms with van der Waals surface area (Å²) in [6.45, 7) is 4.08. The number of amides is 1. The molecule has 0 atom stereocenters. The number of carbonyl (C=O) groups excluding carboxylic acids is 1. The lowest BCUT2D eigenvalue weighted by Gasteiger charge is -2.35. The predicted octanol–water partition coefficient (Wildman–Crippen LogP) is 2.12. The van der Waals surface area contributed by atoms with E-state index in [2.05, 4.69) is 30.8 Å². The van der Waals surface area contributed by atoms with Gasteiger partial charge in [0.05, 0.1) is 0 Å². The van der Waals surface area contributed by atoms with Gasteiger partial charge in [0, 0.05) is 25.6 Å². The first-order valence-corrected chi connectivity index (χ1v) is 6.59. The zero-order chi connectivity index (χ0) is 12.0. The van der Waals surface area contributed by atoms with Crippen LogP contribution in [0.3, 0.4) is 0 Å². The molecule has 1 aliphatic rings. The van der Waals surface area contributed by atoms with E-state index in [1.807, 2.05) is 0 Å². The molecule has 3 nitrogen and oxygen atoms in total. The first kappa shape index (κ1) is 13.5. The topological polar surface area (TPSA) is 23.6 Å². The zero-order valence-corrected chi connectivity index (χ0v) is 11.0. The second kappa shape index (κ2) is 6.89. The minimum absolute atomic E-state index is 0.366. The third-order valence-corrected chi connectivity index (χ3v) is 3.54. The molecular weight excluding hydrogens is 200 g/mol. The van der Waals surface area contributed by atoms with Gasteiger partial charge < -0.3 is 9.80 Å². The molecule has 1 saturated heterocycles. The van der Waals surface area contributed by atoms with Crippen LogP contribution in [0.4, 0.5) is 0 Å². The SMILES string of the molecule is CCCCCC(=O)N1CCC(N(C)C)CC1. The Bertz CT molecular complexity index is 208. The Morgan fingerprint density at radius 3 is 2.38 bits per heavy atom. The van der Waals surface area contributed by atoms with E-state index in [9.17, 15) is 4.79 Å². The third-order valence-electron chi connectivity index (χ3n) is 3.54. The number of unbranched alkanes of at least 4 members (excludes halogenated alkanes) is 2. The molecule has 1 aliphatic heterocycles. The van der Waals surface area contributed by atoms with E-state index in [1.54, 1.807) is 0 Å². The Kier molecular flexibility index (Phi) is 5.81. The maximum absolute atomic E-state index is 11.9. The van der Waals surface area contributed by atoms with Crippen molar-refractivity contribution >= 4 is 5.91 Å². The van der Waals surface area contributed by atoms with Crippen LogP contribution in [-0.2, 0) is 4.79 Å². The molecule has 0 aromatic carbocycles. The average molecular weight is 226 g/mol. The van der Waals surface area contributed by atoms with Gasteiger partial charge >= 0.3 is 0 Å². The Hall–Kier alpha value is -0.570. The van der Waals surface area contributed by atoms with Crippen LogP contribution in [0, 0.1) is 0 Å². The van der Waals surface area contributed by atoms with Gasteiger partial charge in [-0.05, 0) is 33.4 Å². The standard InChI is InChI=1S/C13H26N2O/c1-4-5-6-7-13(16)15-10-8-12(9-11-15)14(2)3/h12H,4-11H2,1-3H3. The van der Waals surface area contributed by atoms with E-state index in [-0.39, 0.29) is 0 Å². The average Bonchev–Trinajstić information content (AvgIpc) is 2.29. The number of hydrogen-bond acceptors (Lipinski definition) is 2. The zero-order valence-electron chi connectivity index (χ0n) is 11.0. The molecule has 0 aromatic rings. The summed E-state index contributed by atoms with van der Waals surface area (Å²) in [6, 6.07) is 0.666. The quantitative estimate of drug-likeness (QED) is 0.670. The molecule has 0 aliphatic carbocycles. The highest BCUT2D eigenvalue weighted by atomic mass is 16.2. The van der Waals surface area contributed by atoms with Crippen molar-refractivity contribution in [1.82, 2.24) is 9.80 Å². The van der Waals surface area contributed by atoms with Crippen LogP contribution in [0.15, 0.2) is 0 Å². The monoisotopic (exact) mass is 226 g/mol. The highest BCUT2D eigenvalue weighted by molar-refractivity contribution is 5.76. The molecule has 0 spiro atoms. The Morgan fingerprint density at radius 1 is 1.25 bits per heavy atom. The molecule has 0 saturated carbocycles. The number of carbonyl (C=O) groups is 1. The maximum Gasteiger partial charge on any atom is 0.222 e. The molecule has 0 radical (unpaired) electrons. The van der Waals surface area contributed by atoms with E-state index < -0.39 is 0 Å². The van der Waals surface area contributed by atoms with Gasteiger partial charge in [-0.3, -0.25) is 4.79 Å². The van der Waals surface area contributed by atoms with Crippen LogP contribution < -0.4 is 0 Å². The number of rotatable bonds is 5. The first-order valence-electron chi connectivity index (χ1n) is 6.59. The Balaban J connectivity index is 2.22. The van der Waals surface area contributed by atoms with E-state index in [0.29, 0.717) is 11.9 Å². The van der Waals surface area contributed by atoms with Crippen LogP contribution in [0.5, 0.6) is 0 Å². The van der Waals surface area contributed by atoms with Crippen molar-refractivity contribution in [2.24, 2.45) is 0 Å². The molecular formula is C13H26N2O. The van der Waals surface area contributed by atoms with E-state index in [1.165, 1.54) is 12.8 Å². The van der Waals surface area contributed by atoms with Gasteiger partial charge in [-0.1, -0.05) is 19.8 Å². The summed E-state index contributed by atoms with van der Waals surface area (Å²) in [6.07, 6.45) is 6.44. The first-order chi connectivity index (χ1) is 7.65. The Morgan fingerprint density at radius 2 is 1.88 bits per heavy atom. The van der Waals surface area contributed by atoms with Crippen LogP contribution in [0.25, 0.3) is 0 Å². The van der Waals surface area contributed by atoms with Crippen LogP contribution in [0.1, 0.15) is 45.4 Å². The molecule has 1 amide bonds. The predicted molar refractivity (Wildman–Crippen MR) is 67.4 cm³/mol. The molecule has 0 unspecified atom stereocenters. The van der Waals surface area contributed by atoms with Gasteiger partial charge in [-0.15, -0.1) is 0 Å². The van der Waals surface area contributed by atoms with Crippen molar-refractivity contribution in [2.45, 2.75) is 51.5 Å². The minimum atomic E-state index is 0.366. The van der Waals surface area contributed by atoms with Gasteiger partial charge in [0.1, 0.15) is 0 Å². The summed E-state index contributed by atoms with van der Waals surface area (Å²) in [5.41, 5.74) is 0. The molecule has 1 heterocycles. The van der Waals surface area contributed by atoms with E-state index in [0.717, 1.165) is 38.8 Å². The Labute approximate surface area is 99.8 Å². The number of nitrogens with zero attached hydrogens (tertiary/aromatic N) is 2. The molecule has 0 bridgehead atoms. The third kappa shape index (κ3) is 4.12. The lowest BCUT2D eigenvalue weighted by atomic mass is 10.0. The van der Waals surface area contributed by atoms with E-state index in [4.69, 9.17) is 0 Å². The van der Waals surface area contributed by atoms with Crippen LogP contribution in [-0.4, -0.2) is 48.9 Å². The summed E-state index contributed by atoms with van der Waals surface area (Å²) >= 11 is 0. The lowest BCUT2D eigenvalue weighted by Crippen LogP contribution is -2.44. The van der Waals surface area contributed by atoms with Gasteiger partial charge in [0.25, 0.3) is 0 Å². The molecule has 0 aromatic heterocycles. The van der Waals surface area contributed by atoms with Crippen molar-refractivity contribution in [3.05, 3.63) is 0 Å². The molecule has 0 N–H and O–H groups in total. The van der Waals surface area contributed by atoms with Crippen molar-refractivity contribution in [3.63, 3.8) is 0 Å². The number of likely N-dealkylation sites (tertiary alicyclic amines) is 1. The molecule has 3 heteroatoms. The van der Waals surface area contributed by atoms with Gasteiger partial charge in [-0.2, -0.15) is 0 Å². The smallest absolute Gasteiger partial charge is 0.222 e. The van der Waals surface area contributed by atoms with Crippen LogP contribution >= 0.6 is 0 Å². The van der Waals surface area contributed by atoms with Crippen molar-refractivity contribution in [3.8, 4) is 0 Å². The summed E-state index contributed by atoms with van der Waals surface area (Å²) in [5, 5.41) is 0. The van der Waals surface area contributed by atoms with Crippen molar-refractivity contribution < 1.29 is 4.79 Å². The molecule has 94 valence electrons. The summed E-state index contributed by atoms with van der Waals surface area (Å²) in [7, 11) is 4.26. The van der Waals surface area contributed by atoms with Gasteiger partial charge in [0.2, 0.25) is 5.91 Å². The van der Waals surface area contributed by atoms with Gasteiger partial charge in [-0.25, -0.2) is 0 Å². The fourth-order valence-corrected chi connectivity index (χ4v) is 2.32.